The van der Waals surface area contributed by atoms with Gasteiger partial charge in [-0.15, -0.1) is 0 Å². The maximum Gasteiger partial charge on any atom is 0.251 e. The Balaban J connectivity index is 1.33. The number of fused-ring (bicyclic) bond motifs is 1. The summed E-state index contributed by atoms with van der Waals surface area (Å²) < 4.78 is 12.1. The van der Waals surface area contributed by atoms with E-state index in [-0.39, 0.29) is 18.4 Å². The van der Waals surface area contributed by atoms with Crippen LogP contribution in [0.15, 0.2) is 42.5 Å². The Labute approximate surface area is 168 Å². The van der Waals surface area contributed by atoms with Gasteiger partial charge in [-0.2, -0.15) is 0 Å². The van der Waals surface area contributed by atoms with Crippen LogP contribution in [0.2, 0.25) is 5.02 Å². The fourth-order valence-corrected chi connectivity index (χ4v) is 3.75. The molecule has 6 nitrogen and oxygen atoms in total. The van der Waals surface area contributed by atoms with Gasteiger partial charge in [0, 0.05) is 35.2 Å². The summed E-state index contributed by atoms with van der Waals surface area (Å²) in [5.41, 5.74) is 0.998. The van der Waals surface area contributed by atoms with E-state index < -0.39 is 5.79 Å². The summed E-state index contributed by atoms with van der Waals surface area (Å²) in [4.78, 5) is 24.3. The third-order valence-corrected chi connectivity index (χ3v) is 5.17. The second kappa shape index (κ2) is 7.72. The molecule has 0 aromatic heterocycles. The molecule has 1 aliphatic carbocycles. The number of carbonyl (C=O) groups is 2. The van der Waals surface area contributed by atoms with Crippen molar-refractivity contribution >= 4 is 29.1 Å². The van der Waals surface area contributed by atoms with Gasteiger partial charge in [0.1, 0.15) is 0 Å². The van der Waals surface area contributed by atoms with Gasteiger partial charge in [0.2, 0.25) is 5.91 Å². The van der Waals surface area contributed by atoms with E-state index in [1.807, 2.05) is 0 Å². The molecule has 4 rings (SSSR count). The molecule has 2 amide bonds. The molecule has 28 heavy (non-hydrogen) atoms. The standard InChI is InChI=1S/C21H21ClN2O4/c22-15-6-4-5-14(11-15)20(26)23-13-19(25)24-16-7-8-17-18(12-16)28-21(27-17)9-2-1-3-10-21/h4-8,11-12H,1-3,9-10,13H2,(H,23,26)(H,24,25). The quantitative estimate of drug-likeness (QED) is 0.808. The topological polar surface area (TPSA) is 76.7 Å². The van der Waals surface area contributed by atoms with Crippen molar-refractivity contribution in [3.05, 3.63) is 53.1 Å². The SMILES string of the molecule is O=C(CNC(=O)c1cccc(Cl)c1)Nc1ccc2c(c1)OC1(CCCCC1)O2. The van der Waals surface area contributed by atoms with Crippen molar-refractivity contribution in [1.82, 2.24) is 5.32 Å². The number of carbonyl (C=O) groups excluding carboxylic acids is 2. The summed E-state index contributed by atoms with van der Waals surface area (Å²) in [5.74, 6) is 0.106. The summed E-state index contributed by atoms with van der Waals surface area (Å²) in [5, 5.41) is 5.81. The molecule has 0 unspecified atom stereocenters. The van der Waals surface area contributed by atoms with Crippen LogP contribution in [0.3, 0.4) is 0 Å². The predicted octanol–water partition coefficient (Wildman–Crippen LogP) is 4.14. The summed E-state index contributed by atoms with van der Waals surface area (Å²) in [6, 6.07) is 11.9. The minimum atomic E-state index is -0.547. The molecule has 7 heteroatoms. The van der Waals surface area contributed by atoms with Gasteiger partial charge in [0.15, 0.2) is 11.5 Å². The predicted molar refractivity (Wildman–Crippen MR) is 106 cm³/mol. The number of ether oxygens (including phenoxy) is 2. The normalized spacial score (nSPS) is 16.6. The molecule has 1 fully saturated rings. The Morgan fingerprint density at radius 1 is 1.00 bits per heavy atom. The van der Waals surface area contributed by atoms with Crippen molar-refractivity contribution in [2.75, 3.05) is 11.9 Å². The lowest BCUT2D eigenvalue weighted by Crippen LogP contribution is -2.40. The van der Waals surface area contributed by atoms with E-state index >= 15 is 0 Å². The van der Waals surface area contributed by atoms with Crippen LogP contribution in [0, 0.1) is 0 Å². The smallest absolute Gasteiger partial charge is 0.251 e. The zero-order valence-electron chi connectivity index (χ0n) is 15.3. The fraction of sp³-hybridized carbons (Fsp3) is 0.333. The lowest BCUT2D eigenvalue weighted by molar-refractivity contribution is -0.115. The van der Waals surface area contributed by atoms with Crippen LogP contribution in [-0.2, 0) is 4.79 Å². The fourth-order valence-electron chi connectivity index (χ4n) is 3.56. The summed E-state index contributed by atoms with van der Waals surface area (Å²) in [7, 11) is 0. The summed E-state index contributed by atoms with van der Waals surface area (Å²) in [6.45, 7) is -0.149. The molecule has 1 spiro atoms. The van der Waals surface area contributed by atoms with E-state index in [4.69, 9.17) is 21.1 Å². The van der Waals surface area contributed by atoms with Crippen LogP contribution in [0.5, 0.6) is 11.5 Å². The maximum absolute atomic E-state index is 12.2. The Kier molecular flexibility index (Phi) is 5.13. The van der Waals surface area contributed by atoms with Gasteiger partial charge in [0.25, 0.3) is 11.7 Å². The third kappa shape index (κ3) is 4.07. The first-order chi connectivity index (χ1) is 13.5. The van der Waals surface area contributed by atoms with Gasteiger partial charge < -0.3 is 20.1 Å². The largest absolute Gasteiger partial charge is 0.448 e. The van der Waals surface area contributed by atoms with Crippen LogP contribution >= 0.6 is 11.6 Å². The third-order valence-electron chi connectivity index (χ3n) is 4.93. The first-order valence-corrected chi connectivity index (χ1v) is 9.77. The van der Waals surface area contributed by atoms with Gasteiger partial charge in [0.05, 0.1) is 6.54 Å². The minimum Gasteiger partial charge on any atom is -0.448 e. The molecular weight excluding hydrogens is 380 g/mol. The number of amides is 2. The van der Waals surface area contributed by atoms with E-state index in [0.717, 1.165) is 25.7 Å². The molecule has 0 atom stereocenters. The number of hydrogen-bond donors (Lipinski definition) is 2. The van der Waals surface area contributed by atoms with Crippen molar-refractivity contribution in [3.8, 4) is 11.5 Å². The number of halogens is 1. The van der Waals surface area contributed by atoms with E-state index in [9.17, 15) is 9.59 Å². The first kappa shape index (κ1) is 18.6. The Bertz CT molecular complexity index is 909. The van der Waals surface area contributed by atoms with Crippen LogP contribution in [0.1, 0.15) is 42.5 Å². The van der Waals surface area contributed by atoms with Crippen molar-refractivity contribution < 1.29 is 19.1 Å². The number of rotatable bonds is 4. The summed E-state index contributed by atoms with van der Waals surface area (Å²) in [6.07, 6.45) is 5.12. The van der Waals surface area contributed by atoms with Crippen LogP contribution in [-0.4, -0.2) is 24.1 Å². The number of benzene rings is 2. The molecule has 1 saturated carbocycles. The van der Waals surface area contributed by atoms with Gasteiger partial charge in [-0.1, -0.05) is 24.1 Å². The minimum absolute atomic E-state index is 0.149. The van der Waals surface area contributed by atoms with Gasteiger partial charge in [-0.25, -0.2) is 0 Å². The Morgan fingerprint density at radius 3 is 2.57 bits per heavy atom. The highest BCUT2D eigenvalue weighted by atomic mass is 35.5. The lowest BCUT2D eigenvalue weighted by Gasteiger charge is -2.31. The van der Waals surface area contributed by atoms with E-state index in [1.54, 1.807) is 42.5 Å². The molecule has 2 aromatic rings. The summed E-state index contributed by atoms with van der Waals surface area (Å²) >= 11 is 5.88. The Hall–Kier alpha value is -2.73. The van der Waals surface area contributed by atoms with Gasteiger partial charge >= 0.3 is 0 Å². The zero-order valence-corrected chi connectivity index (χ0v) is 16.1. The highest BCUT2D eigenvalue weighted by Gasteiger charge is 2.42. The van der Waals surface area contributed by atoms with E-state index in [1.165, 1.54) is 6.42 Å². The molecule has 0 radical (unpaired) electrons. The molecule has 0 bridgehead atoms. The average molecular weight is 401 g/mol. The monoisotopic (exact) mass is 400 g/mol. The van der Waals surface area contributed by atoms with Crippen LogP contribution in [0.4, 0.5) is 5.69 Å². The number of anilines is 1. The molecule has 0 saturated heterocycles. The molecule has 146 valence electrons. The molecule has 1 aliphatic heterocycles. The Morgan fingerprint density at radius 2 is 1.79 bits per heavy atom. The highest BCUT2D eigenvalue weighted by Crippen LogP contribution is 2.46. The van der Waals surface area contributed by atoms with Crippen molar-refractivity contribution in [2.45, 2.75) is 37.9 Å². The zero-order chi connectivity index (χ0) is 19.6. The van der Waals surface area contributed by atoms with Crippen molar-refractivity contribution in [3.63, 3.8) is 0 Å². The van der Waals surface area contributed by atoms with E-state index in [2.05, 4.69) is 10.6 Å². The molecule has 1 heterocycles. The maximum atomic E-state index is 12.2. The molecular formula is C21H21ClN2O4. The second-order valence-electron chi connectivity index (χ2n) is 7.08. The molecule has 2 N–H and O–H groups in total. The van der Waals surface area contributed by atoms with Gasteiger partial charge in [-0.3, -0.25) is 9.59 Å². The van der Waals surface area contributed by atoms with E-state index in [0.29, 0.717) is 27.8 Å². The lowest BCUT2D eigenvalue weighted by atomic mass is 9.94. The first-order valence-electron chi connectivity index (χ1n) is 9.39. The second-order valence-corrected chi connectivity index (χ2v) is 7.51. The molecule has 2 aliphatic rings. The number of hydrogen-bond acceptors (Lipinski definition) is 4. The van der Waals surface area contributed by atoms with Crippen LogP contribution in [0.25, 0.3) is 0 Å². The van der Waals surface area contributed by atoms with Crippen molar-refractivity contribution in [1.29, 1.82) is 0 Å². The van der Waals surface area contributed by atoms with Crippen molar-refractivity contribution in [2.24, 2.45) is 0 Å². The highest BCUT2D eigenvalue weighted by molar-refractivity contribution is 6.31. The van der Waals surface area contributed by atoms with Crippen LogP contribution < -0.4 is 20.1 Å². The van der Waals surface area contributed by atoms with Gasteiger partial charge in [-0.05, 0) is 43.2 Å². The number of nitrogens with one attached hydrogen (secondary N) is 2. The average Bonchev–Trinajstić information content (AvgIpc) is 3.03. The molecule has 2 aromatic carbocycles.